The van der Waals surface area contributed by atoms with Gasteiger partial charge in [-0.3, -0.25) is 14.9 Å². The van der Waals surface area contributed by atoms with Gasteiger partial charge >= 0.3 is 0 Å². The number of carbonyl (C=O) groups excluding carboxylic acids is 1. The van der Waals surface area contributed by atoms with Crippen molar-refractivity contribution in [3.05, 3.63) is 44.0 Å². The van der Waals surface area contributed by atoms with E-state index in [-0.39, 0.29) is 17.1 Å². The number of nitro groups is 1. The first kappa shape index (κ1) is 14.9. The van der Waals surface area contributed by atoms with Crippen LogP contribution in [0.3, 0.4) is 0 Å². The molecule has 0 saturated heterocycles. The molecule has 2 rings (SSSR count). The highest BCUT2D eigenvalue weighted by molar-refractivity contribution is 7.09. The van der Waals surface area contributed by atoms with Crippen molar-refractivity contribution < 1.29 is 9.72 Å². The Kier molecular flexibility index (Phi) is 4.43. The van der Waals surface area contributed by atoms with Crippen molar-refractivity contribution in [2.45, 2.75) is 13.3 Å². The molecule has 0 unspecified atom stereocenters. The van der Waals surface area contributed by atoms with Crippen molar-refractivity contribution in [2.75, 3.05) is 12.3 Å². The molecule has 21 heavy (non-hydrogen) atoms. The van der Waals surface area contributed by atoms with E-state index in [9.17, 15) is 14.9 Å². The number of anilines is 1. The second-order valence-electron chi connectivity index (χ2n) is 4.27. The summed E-state index contributed by atoms with van der Waals surface area (Å²) in [6.07, 6.45) is 1.55. The Balaban J connectivity index is 2.03. The van der Waals surface area contributed by atoms with Crippen LogP contribution in [0.5, 0.6) is 0 Å². The number of thiazole rings is 1. The first-order chi connectivity index (χ1) is 9.97. The van der Waals surface area contributed by atoms with Crippen molar-refractivity contribution in [2.24, 2.45) is 0 Å². The largest absolute Gasteiger partial charge is 0.384 e. The summed E-state index contributed by atoms with van der Waals surface area (Å²) in [5, 5.41) is 16.3. The fourth-order valence-electron chi connectivity index (χ4n) is 1.69. The maximum absolute atomic E-state index is 12.0. The number of nitrogens with zero attached hydrogens (tertiary/aromatic N) is 3. The molecule has 0 saturated carbocycles. The molecule has 0 fully saturated rings. The SMILES string of the molecule is Cc1csc(CCNC(=O)c2cc(N)ncc2[N+](=O)[O-])n1. The van der Waals surface area contributed by atoms with Crippen molar-refractivity contribution in [3.63, 3.8) is 0 Å². The van der Waals surface area contributed by atoms with Gasteiger partial charge in [0.2, 0.25) is 0 Å². The molecule has 2 aromatic heterocycles. The molecule has 0 aliphatic rings. The Morgan fingerprint density at radius 3 is 2.95 bits per heavy atom. The van der Waals surface area contributed by atoms with Gasteiger partial charge < -0.3 is 11.1 Å². The lowest BCUT2D eigenvalue weighted by molar-refractivity contribution is -0.385. The van der Waals surface area contributed by atoms with E-state index in [4.69, 9.17) is 5.73 Å². The van der Waals surface area contributed by atoms with Gasteiger partial charge in [0.25, 0.3) is 11.6 Å². The van der Waals surface area contributed by atoms with Gasteiger partial charge in [0.05, 0.1) is 9.93 Å². The number of hydrogen-bond donors (Lipinski definition) is 2. The minimum Gasteiger partial charge on any atom is -0.384 e. The minimum absolute atomic E-state index is 0.0568. The van der Waals surface area contributed by atoms with Crippen molar-refractivity contribution in [1.29, 1.82) is 0 Å². The number of nitrogens with two attached hydrogens (primary N) is 1. The van der Waals surface area contributed by atoms with E-state index >= 15 is 0 Å². The fraction of sp³-hybridized carbons (Fsp3) is 0.250. The van der Waals surface area contributed by atoms with Crippen LogP contribution < -0.4 is 11.1 Å². The monoisotopic (exact) mass is 307 g/mol. The highest BCUT2D eigenvalue weighted by Crippen LogP contribution is 2.18. The quantitative estimate of drug-likeness (QED) is 0.634. The molecule has 3 N–H and O–H groups in total. The maximum Gasteiger partial charge on any atom is 0.300 e. The number of amides is 1. The molecule has 110 valence electrons. The third kappa shape index (κ3) is 3.72. The van der Waals surface area contributed by atoms with Gasteiger partial charge in [-0.05, 0) is 13.0 Å². The van der Waals surface area contributed by atoms with E-state index < -0.39 is 10.8 Å². The van der Waals surface area contributed by atoms with Gasteiger partial charge in [-0.15, -0.1) is 11.3 Å². The van der Waals surface area contributed by atoms with Gasteiger partial charge in [0, 0.05) is 24.0 Å². The van der Waals surface area contributed by atoms with Crippen molar-refractivity contribution in [3.8, 4) is 0 Å². The Hall–Kier alpha value is -2.55. The van der Waals surface area contributed by atoms with Crippen LogP contribution in [-0.4, -0.2) is 27.3 Å². The predicted molar refractivity (Wildman–Crippen MR) is 78.2 cm³/mol. The third-order valence-electron chi connectivity index (χ3n) is 2.64. The number of hydrogen-bond acceptors (Lipinski definition) is 7. The summed E-state index contributed by atoms with van der Waals surface area (Å²) >= 11 is 1.51. The summed E-state index contributed by atoms with van der Waals surface area (Å²) < 4.78 is 0. The van der Waals surface area contributed by atoms with Crippen LogP contribution in [0.1, 0.15) is 21.1 Å². The molecule has 0 radical (unpaired) electrons. The van der Waals surface area contributed by atoms with Crippen LogP contribution in [0.2, 0.25) is 0 Å². The molecule has 0 aliphatic heterocycles. The van der Waals surface area contributed by atoms with Gasteiger partial charge in [0.15, 0.2) is 0 Å². The standard InChI is InChI=1S/C12H13N5O3S/c1-7-6-21-11(16-7)2-3-14-12(18)8-4-10(13)15-5-9(8)17(19)20/h4-6H,2-3H2,1H3,(H2,13,15)(H,14,18). The minimum atomic E-state index is -0.661. The summed E-state index contributed by atoms with van der Waals surface area (Å²) in [4.78, 5) is 30.1. The zero-order chi connectivity index (χ0) is 15.4. The normalized spacial score (nSPS) is 10.3. The summed E-state index contributed by atoms with van der Waals surface area (Å²) in [5.74, 6) is -0.495. The van der Waals surface area contributed by atoms with Crippen molar-refractivity contribution >= 4 is 28.7 Å². The van der Waals surface area contributed by atoms with Gasteiger partial charge in [-0.25, -0.2) is 9.97 Å². The molecule has 0 atom stereocenters. The highest BCUT2D eigenvalue weighted by atomic mass is 32.1. The molecule has 1 amide bonds. The predicted octanol–water partition coefficient (Wildman–Crippen LogP) is 1.31. The molecule has 9 heteroatoms. The average molecular weight is 307 g/mol. The lowest BCUT2D eigenvalue weighted by Crippen LogP contribution is -2.26. The third-order valence-corrected chi connectivity index (χ3v) is 3.66. The first-order valence-electron chi connectivity index (χ1n) is 6.06. The highest BCUT2D eigenvalue weighted by Gasteiger charge is 2.20. The van der Waals surface area contributed by atoms with Gasteiger partial charge in [-0.2, -0.15) is 0 Å². The smallest absolute Gasteiger partial charge is 0.300 e. The molecular formula is C12H13N5O3S. The number of nitrogen functional groups attached to an aromatic ring is 1. The average Bonchev–Trinajstić information content (AvgIpc) is 2.84. The maximum atomic E-state index is 12.0. The number of aryl methyl sites for hydroxylation is 1. The van der Waals surface area contributed by atoms with E-state index in [1.165, 1.54) is 17.4 Å². The van der Waals surface area contributed by atoms with E-state index in [0.717, 1.165) is 16.9 Å². The van der Waals surface area contributed by atoms with Crippen LogP contribution in [0.15, 0.2) is 17.6 Å². The zero-order valence-corrected chi connectivity index (χ0v) is 12.0. The number of nitrogens with one attached hydrogen (secondary N) is 1. The van der Waals surface area contributed by atoms with E-state index in [1.807, 2.05) is 12.3 Å². The second-order valence-corrected chi connectivity index (χ2v) is 5.21. The van der Waals surface area contributed by atoms with E-state index in [2.05, 4.69) is 15.3 Å². The summed E-state index contributed by atoms with van der Waals surface area (Å²) in [5.41, 5.74) is 5.93. The number of rotatable bonds is 5. The number of carbonyl (C=O) groups is 1. The second kappa shape index (κ2) is 6.27. The molecular weight excluding hydrogens is 294 g/mol. The summed E-state index contributed by atoms with van der Waals surface area (Å²) in [7, 11) is 0. The first-order valence-corrected chi connectivity index (χ1v) is 6.94. The molecule has 0 aromatic carbocycles. The van der Waals surface area contributed by atoms with Crippen molar-refractivity contribution in [1.82, 2.24) is 15.3 Å². The van der Waals surface area contributed by atoms with Gasteiger partial charge in [-0.1, -0.05) is 0 Å². The molecule has 2 heterocycles. The Labute approximate surface area is 124 Å². The molecule has 0 spiro atoms. The lowest BCUT2D eigenvalue weighted by atomic mass is 10.2. The zero-order valence-electron chi connectivity index (χ0n) is 11.2. The molecule has 8 nitrogen and oxygen atoms in total. The lowest BCUT2D eigenvalue weighted by Gasteiger charge is -2.05. The van der Waals surface area contributed by atoms with Crippen LogP contribution in [0.25, 0.3) is 0 Å². The Morgan fingerprint density at radius 1 is 1.57 bits per heavy atom. The van der Waals surface area contributed by atoms with Crippen LogP contribution >= 0.6 is 11.3 Å². The Morgan fingerprint density at radius 2 is 2.33 bits per heavy atom. The van der Waals surface area contributed by atoms with E-state index in [1.54, 1.807) is 0 Å². The summed E-state index contributed by atoms with van der Waals surface area (Å²) in [6.45, 7) is 2.23. The fourth-order valence-corrected chi connectivity index (χ4v) is 2.46. The van der Waals surface area contributed by atoms with Crippen LogP contribution in [-0.2, 0) is 6.42 Å². The van der Waals surface area contributed by atoms with Gasteiger partial charge in [0.1, 0.15) is 17.6 Å². The van der Waals surface area contributed by atoms with Crippen LogP contribution in [0, 0.1) is 17.0 Å². The molecule has 2 aromatic rings. The number of aromatic nitrogens is 2. The number of pyridine rings is 1. The molecule has 0 bridgehead atoms. The summed E-state index contributed by atoms with van der Waals surface area (Å²) in [6, 6.07) is 1.20. The molecule has 0 aliphatic carbocycles. The van der Waals surface area contributed by atoms with E-state index in [0.29, 0.717) is 13.0 Å². The Bertz CT molecular complexity index is 685. The topological polar surface area (TPSA) is 124 Å². The van der Waals surface area contributed by atoms with Crippen LogP contribution in [0.4, 0.5) is 11.5 Å².